The first-order valence-corrected chi connectivity index (χ1v) is 7.84. The van der Waals surface area contributed by atoms with Crippen molar-refractivity contribution in [1.29, 1.82) is 5.26 Å². The zero-order valence-electron chi connectivity index (χ0n) is 10.1. The van der Waals surface area contributed by atoms with Gasteiger partial charge in [-0.25, -0.2) is 8.42 Å². The van der Waals surface area contributed by atoms with Crippen LogP contribution < -0.4 is 0 Å². The van der Waals surface area contributed by atoms with Crippen LogP contribution >= 0.6 is 0 Å². The van der Waals surface area contributed by atoms with Crippen molar-refractivity contribution in [2.75, 3.05) is 5.75 Å². The van der Waals surface area contributed by atoms with Crippen molar-refractivity contribution in [2.45, 2.75) is 51.2 Å². The first kappa shape index (κ1) is 13.5. The molecule has 0 saturated heterocycles. The third-order valence-electron chi connectivity index (χ3n) is 3.46. The van der Waals surface area contributed by atoms with E-state index in [0.29, 0.717) is 18.8 Å². The number of unbranched alkanes of at least 4 members (excludes halogenated alkanes) is 1. The Morgan fingerprint density at radius 1 is 1.38 bits per heavy atom. The van der Waals surface area contributed by atoms with Gasteiger partial charge in [0, 0.05) is 0 Å². The Kier molecular flexibility index (Phi) is 4.79. The molecule has 0 bridgehead atoms. The Hall–Kier alpha value is -0.560. The number of rotatable bonds is 4. The number of hydrogen-bond acceptors (Lipinski definition) is 3. The van der Waals surface area contributed by atoms with Crippen LogP contribution in [-0.4, -0.2) is 19.4 Å². The second-order valence-corrected chi connectivity index (χ2v) is 7.25. The number of hydrogen-bond donors (Lipinski definition) is 0. The van der Waals surface area contributed by atoms with Gasteiger partial charge in [-0.05, 0) is 31.6 Å². The molecule has 92 valence electrons. The zero-order chi connectivity index (χ0) is 12.2. The third-order valence-corrected chi connectivity index (χ3v) is 5.76. The van der Waals surface area contributed by atoms with Crippen LogP contribution in [0.5, 0.6) is 0 Å². The van der Waals surface area contributed by atoms with Crippen molar-refractivity contribution in [1.82, 2.24) is 0 Å². The fourth-order valence-electron chi connectivity index (χ4n) is 2.37. The predicted octanol–water partition coefficient (Wildman–Crippen LogP) is 2.53. The molecule has 1 fully saturated rings. The van der Waals surface area contributed by atoms with Gasteiger partial charge in [0.1, 0.15) is 0 Å². The largest absolute Gasteiger partial charge is 0.229 e. The molecule has 3 unspecified atom stereocenters. The van der Waals surface area contributed by atoms with E-state index in [9.17, 15) is 8.42 Å². The fourth-order valence-corrected chi connectivity index (χ4v) is 4.68. The molecule has 0 N–H and O–H groups in total. The molecule has 0 amide bonds. The lowest BCUT2D eigenvalue weighted by Gasteiger charge is -2.30. The molecular weight excluding hydrogens is 222 g/mol. The van der Waals surface area contributed by atoms with E-state index >= 15 is 0 Å². The molecule has 16 heavy (non-hydrogen) atoms. The van der Waals surface area contributed by atoms with Crippen molar-refractivity contribution in [3.05, 3.63) is 0 Å². The minimum absolute atomic E-state index is 0.249. The van der Waals surface area contributed by atoms with Crippen LogP contribution in [0.15, 0.2) is 0 Å². The topological polar surface area (TPSA) is 57.9 Å². The maximum atomic E-state index is 12.1. The highest BCUT2D eigenvalue weighted by atomic mass is 32.2. The van der Waals surface area contributed by atoms with Crippen molar-refractivity contribution >= 4 is 9.84 Å². The number of nitrogens with zero attached hydrogens (tertiary/aromatic N) is 1. The van der Waals surface area contributed by atoms with E-state index in [1.807, 2.05) is 6.92 Å². The van der Waals surface area contributed by atoms with Gasteiger partial charge in [-0.3, -0.25) is 0 Å². The molecule has 0 radical (unpaired) electrons. The summed E-state index contributed by atoms with van der Waals surface area (Å²) >= 11 is 0. The summed E-state index contributed by atoms with van der Waals surface area (Å²) < 4.78 is 24.2. The SMILES string of the molecule is CCCCS(=O)(=O)C1CC(C)CCC1C#N. The molecular formula is C12H21NO2S. The predicted molar refractivity (Wildman–Crippen MR) is 64.6 cm³/mol. The van der Waals surface area contributed by atoms with E-state index < -0.39 is 15.1 Å². The highest BCUT2D eigenvalue weighted by Gasteiger charge is 2.37. The summed E-state index contributed by atoms with van der Waals surface area (Å²) in [5.41, 5.74) is 0. The molecule has 1 rings (SSSR count). The van der Waals surface area contributed by atoms with Crippen molar-refractivity contribution < 1.29 is 8.42 Å². The van der Waals surface area contributed by atoms with Crippen LogP contribution in [0.25, 0.3) is 0 Å². The van der Waals surface area contributed by atoms with E-state index in [1.165, 1.54) is 0 Å². The van der Waals surface area contributed by atoms with Gasteiger partial charge in [-0.2, -0.15) is 5.26 Å². The normalized spacial score (nSPS) is 30.9. The Labute approximate surface area is 98.8 Å². The summed E-state index contributed by atoms with van der Waals surface area (Å²) in [5.74, 6) is 0.406. The maximum Gasteiger partial charge on any atom is 0.154 e. The molecule has 1 aliphatic carbocycles. The summed E-state index contributed by atoms with van der Waals surface area (Å²) in [7, 11) is -3.06. The van der Waals surface area contributed by atoms with Crippen molar-refractivity contribution in [3.63, 3.8) is 0 Å². The van der Waals surface area contributed by atoms with E-state index in [4.69, 9.17) is 5.26 Å². The average molecular weight is 243 g/mol. The summed E-state index contributed by atoms with van der Waals surface area (Å²) in [6.45, 7) is 4.07. The molecule has 0 spiro atoms. The maximum absolute atomic E-state index is 12.1. The van der Waals surface area contributed by atoms with Crippen LogP contribution in [0.1, 0.15) is 46.0 Å². The lowest BCUT2D eigenvalue weighted by Crippen LogP contribution is -2.36. The fraction of sp³-hybridized carbons (Fsp3) is 0.917. The van der Waals surface area contributed by atoms with Crippen LogP contribution in [-0.2, 0) is 9.84 Å². The monoisotopic (exact) mass is 243 g/mol. The zero-order valence-corrected chi connectivity index (χ0v) is 11.0. The average Bonchev–Trinajstić information content (AvgIpc) is 2.26. The smallest absolute Gasteiger partial charge is 0.154 e. The lowest BCUT2D eigenvalue weighted by molar-refractivity contribution is 0.334. The van der Waals surface area contributed by atoms with E-state index in [-0.39, 0.29) is 11.7 Å². The molecule has 0 heterocycles. The highest BCUT2D eigenvalue weighted by Crippen LogP contribution is 2.33. The van der Waals surface area contributed by atoms with Gasteiger partial charge in [0.25, 0.3) is 0 Å². The van der Waals surface area contributed by atoms with Gasteiger partial charge in [-0.1, -0.05) is 20.3 Å². The molecule has 4 heteroatoms. The summed E-state index contributed by atoms with van der Waals surface area (Å²) in [5, 5.41) is 8.61. The minimum atomic E-state index is -3.06. The van der Waals surface area contributed by atoms with Gasteiger partial charge >= 0.3 is 0 Å². The Morgan fingerprint density at radius 3 is 2.62 bits per heavy atom. The van der Waals surface area contributed by atoms with Gasteiger partial charge in [0.2, 0.25) is 0 Å². The molecule has 0 aromatic heterocycles. The molecule has 1 saturated carbocycles. The van der Waals surface area contributed by atoms with Crippen molar-refractivity contribution in [2.24, 2.45) is 11.8 Å². The van der Waals surface area contributed by atoms with E-state index in [0.717, 1.165) is 19.3 Å². The molecule has 1 aliphatic rings. The summed E-state index contributed by atoms with van der Waals surface area (Å²) in [6.07, 6.45) is 4.00. The minimum Gasteiger partial charge on any atom is -0.229 e. The lowest BCUT2D eigenvalue weighted by atomic mass is 9.83. The first-order chi connectivity index (χ1) is 7.51. The highest BCUT2D eigenvalue weighted by molar-refractivity contribution is 7.92. The third kappa shape index (κ3) is 3.21. The van der Waals surface area contributed by atoms with Crippen LogP contribution in [0, 0.1) is 23.2 Å². The quantitative estimate of drug-likeness (QED) is 0.762. The van der Waals surface area contributed by atoms with Gasteiger partial charge < -0.3 is 0 Å². The Morgan fingerprint density at radius 2 is 2.06 bits per heavy atom. The Balaban J connectivity index is 2.78. The summed E-state index contributed by atoms with van der Waals surface area (Å²) in [6, 6.07) is 2.18. The molecule has 0 aromatic rings. The molecule has 3 atom stereocenters. The van der Waals surface area contributed by atoms with Gasteiger partial charge in [-0.15, -0.1) is 0 Å². The first-order valence-electron chi connectivity index (χ1n) is 6.12. The molecule has 3 nitrogen and oxygen atoms in total. The standard InChI is InChI=1S/C12H21NO2S/c1-3-4-7-16(14,15)12-8-10(2)5-6-11(12)9-13/h10-12H,3-8H2,1-2H3. The molecule has 0 aliphatic heterocycles. The van der Waals surface area contributed by atoms with Crippen LogP contribution in [0.3, 0.4) is 0 Å². The van der Waals surface area contributed by atoms with Gasteiger partial charge in [0.15, 0.2) is 9.84 Å². The second-order valence-electron chi connectivity index (χ2n) is 4.91. The number of sulfone groups is 1. The second kappa shape index (κ2) is 5.67. The van der Waals surface area contributed by atoms with Gasteiger partial charge in [0.05, 0.1) is 23.0 Å². The molecule has 0 aromatic carbocycles. The van der Waals surface area contributed by atoms with Crippen molar-refractivity contribution in [3.8, 4) is 6.07 Å². The van der Waals surface area contributed by atoms with E-state index in [1.54, 1.807) is 0 Å². The van der Waals surface area contributed by atoms with E-state index in [2.05, 4.69) is 13.0 Å². The van der Waals surface area contributed by atoms with Crippen LogP contribution in [0.4, 0.5) is 0 Å². The van der Waals surface area contributed by atoms with Crippen LogP contribution in [0.2, 0.25) is 0 Å². The Bertz CT molecular complexity index is 356. The number of nitriles is 1. The summed E-state index contributed by atoms with van der Waals surface area (Å²) in [4.78, 5) is 0.